The van der Waals surface area contributed by atoms with Crippen molar-refractivity contribution in [1.29, 1.82) is 5.26 Å². The molecule has 0 aromatic heterocycles. The van der Waals surface area contributed by atoms with E-state index in [4.69, 9.17) is 14.7 Å². The zero-order valence-electron chi connectivity index (χ0n) is 13.9. The van der Waals surface area contributed by atoms with Crippen molar-refractivity contribution in [3.63, 3.8) is 0 Å². The van der Waals surface area contributed by atoms with Crippen LogP contribution in [0.5, 0.6) is 11.5 Å². The van der Waals surface area contributed by atoms with Gasteiger partial charge in [0.25, 0.3) is 0 Å². The molecule has 0 atom stereocenters. The lowest BCUT2D eigenvalue weighted by Crippen LogP contribution is -2.00. The molecule has 0 bridgehead atoms. The third-order valence-corrected chi connectivity index (χ3v) is 3.79. The van der Waals surface area contributed by atoms with Gasteiger partial charge in [0.05, 0.1) is 12.5 Å². The average Bonchev–Trinajstić information content (AvgIpc) is 2.68. The van der Waals surface area contributed by atoms with Crippen LogP contribution >= 0.6 is 0 Å². The second-order valence-corrected chi connectivity index (χ2v) is 5.65. The van der Waals surface area contributed by atoms with Gasteiger partial charge in [-0.25, -0.2) is 0 Å². The van der Waals surface area contributed by atoms with Gasteiger partial charge in [-0.15, -0.1) is 0 Å². The lowest BCUT2D eigenvalue weighted by atomic mass is 10.1. The smallest absolute Gasteiger partial charge is 0.127 e. The third-order valence-electron chi connectivity index (χ3n) is 3.79. The van der Waals surface area contributed by atoms with E-state index in [1.165, 1.54) is 0 Å². The molecule has 0 aliphatic heterocycles. The maximum absolute atomic E-state index is 9.01. The molecule has 0 N–H and O–H groups in total. The van der Waals surface area contributed by atoms with Gasteiger partial charge in [0.15, 0.2) is 0 Å². The second-order valence-electron chi connectivity index (χ2n) is 5.65. The van der Waals surface area contributed by atoms with Gasteiger partial charge in [-0.3, -0.25) is 0 Å². The van der Waals surface area contributed by atoms with E-state index >= 15 is 0 Å². The Morgan fingerprint density at radius 1 is 0.720 bits per heavy atom. The van der Waals surface area contributed by atoms with Crippen molar-refractivity contribution in [2.75, 3.05) is 0 Å². The first-order valence-electron chi connectivity index (χ1n) is 8.18. The summed E-state index contributed by atoms with van der Waals surface area (Å²) >= 11 is 0. The van der Waals surface area contributed by atoms with Crippen molar-refractivity contribution in [3.05, 3.63) is 95.6 Å². The zero-order valence-corrected chi connectivity index (χ0v) is 13.9. The summed E-state index contributed by atoms with van der Waals surface area (Å²) in [5.74, 6) is 1.42. The van der Waals surface area contributed by atoms with Gasteiger partial charge in [-0.2, -0.15) is 5.26 Å². The molecule has 0 spiro atoms. The lowest BCUT2D eigenvalue weighted by molar-refractivity contribution is 0.288. The van der Waals surface area contributed by atoms with Crippen LogP contribution in [0, 0.1) is 11.3 Å². The highest BCUT2D eigenvalue weighted by molar-refractivity contribution is 5.42. The fourth-order valence-electron chi connectivity index (χ4n) is 2.47. The Morgan fingerprint density at radius 3 is 1.92 bits per heavy atom. The minimum atomic E-state index is 0.309. The number of hydrogen-bond donors (Lipinski definition) is 0. The van der Waals surface area contributed by atoms with Crippen molar-refractivity contribution in [2.24, 2.45) is 0 Å². The van der Waals surface area contributed by atoms with Gasteiger partial charge >= 0.3 is 0 Å². The molecule has 0 saturated carbocycles. The van der Waals surface area contributed by atoms with Crippen molar-refractivity contribution in [3.8, 4) is 17.6 Å². The molecule has 0 unspecified atom stereocenters. The highest BCUT2D eigenvalue weighted by Crippen LogP contribution is 2.27. The Hall–Kier alpha value is -3.25. The first kappa shape index (κ1) is 16.6. The Bertz CT molecular complexity index is 839. The summed E-state index contributed by atoms with van der Waals surface area (Å²) in [5.41, 5.74) is 3.06. The Balaban J connectivity index is 1.71. The molecule has 0 aliphatic rings. The van der Waals surface area contributed by atoms with Crippen LogP contribution in [-0.4, -0.2) is 0 Å². The standard InChI is InChI=1S/C22H19NO2/c23-14-13-20-11-12-21(24-16-18-7-3-1-4-8-18)15-22(20)25-17-19-9-5-2-6-10-19/h1-12,15H,13,16-17H2. The van der Waals surface area contributed by atoms with Crippen LogP contribution in [0.25, 0.3) is 0 Å². The highest BCUT2D eigenvalue weighted by Gasteiger charge is 2.07. The van der Waals surface area contributed by atoms with Gasteiger partial charge < -0.3 is 9.47 Å². The van der Waals surface area contributed by atoms with Gasteiger partial charge in [-0.05, 0) is 17.2 Å². The molecule has 0 fully saturated rings. The van der Waals surface area contributed by atoms with E-state index in [9.17, 15) is 0 Å². The van der Waals surface area contributed by atoms with Gasteiger partial charge in [0, 0.05) is 11.6 Å². The van der Waals surface area contributed by atoms with Gasteiger partial charge in [0.1, 0.15) is 24.7 Å². The maximum atomic E-state index is 9.01. The van der Waals surface area contributed by atoms with Crippen LogP contribution in [0.3, 0.4) is 0 Å². The lowest BCUT2D eigenvalue weighted by Gasteiger charge is -2.13. The molecular formula is C22H19NO2. The number of hydrogen-bond acceptors (Lipinski definition) is 3. The summed E-state index contributed by atoms with van der Waals surface area (Å²) in [6.45, 7) is 0.956. The molecule has 3 aromatic rings. The molecule has 3 aromatic carbocycles. The number of ether oxygens (including phenoxy) is 2. The van der Waals surface area contributed by atoms with Crippen LogP contribution in [0.15, 0.2) is 78.9 Å². The number of nitriles is 1. The van der Waals surface area contributed by atoms with Gasteiger partial charge in [-0.1, -0.05) is 66.7 Å². The summed E-state index contributed by atoms with van der Waals surface area (Å²) in [6.07, 6.45) is 0.309. The maximum Gasteiger partial charge on any atom is 0.127 e. The molecule has 0 heterocycles. The summed E-state index contributed by atoms with van der Waals surface area (Å²) in [6, 6.07) is 27.8. The molecule has 0 amide bonds. The second kappa shape index (κ2) is 8.56. The van der Waals surface area contributed by atoms with Crippen LogP contribution in [0.1, 0.15) is 16.7 Å². The normalized spacial score (nSPS) is 10.0. The summed E-state index contributed by atoms with van der Waals surface area (Å²) in [5, 5.41) is 9.01. The molecule has 0 radical (unpaired) electrons. The monoisotopic (exact) mass is 329 g/mol. The molecule has 25 heavy (non-hydrogen) atoms. The van der Waals surface area contributed by atoms with Crippen molar-refractivity contribution >= 4 is 0 Å². The van der Waals surface area contributed by atoms with Crippen LogP contribution < -0.4 is 9.47 Å². The largest absolute Gasteiger partial charge is 0.489 e. The average molecular weight is 329 g/mol. The summed E-state index contributed by atoms with van der Waals surface area (Å²) in [7, 11) is 0. The predicted octanol–water partition coefficient (Wildman–Crippen LogP) is 4.91. The molecule has 0 aliphatic carbocycles. The molecule has 0 saturated heterocycles. The quantitative estimate of drug-likeness (QED) is 0.618. The number of nitrogens with zero attached hydrogens (tertiary/aromatic N) is 1. The van der Waals surface area contributed by atoms with Gasteiger partial charge in [0.2, 0.25) is 0 Å². The Kier molecular flexibility index (Phi) is 5.68. The molecule has 124 valence electrons. The summed E-state index contributed by atoms with van der Waals surface area (Å²) < 4.78 is 11.8. The number of benzene rings is 3. The third kappa shape index (κ3) is 4.86. The molecule has 3 rings (SSSR count). The van der Waals surface area contributed by atoms with Crippen LogP contribution in [0.2, 0.25) is 0 Å². The van der Waals surface area contributed by atoms with Crippen molar-refractivity contribution in [1.82, 2.24) is 0 Å². The Morgan fingerprint density at radius 2 is 1.32 bits per heavy atom. The first-order chi connectivity index (χ1) is 12.3. The van der Waals surface area contributed by atoms with Crippen LogP contribution in [-0.2, 0) is 19.6 Å². The van der Waals surface area contributed by atoms with E-state index in [0.29, 0.717) is 25.4 Å². The van der Waals surface area contributed by atoms with Crippen molar-refractivity contribution in [2.45, 2.75) is 19.6 Å². The van der Waals surface area contributed by atoms with E-state index in [1.807, 2.05) is 78.9 Å². The van der Waals surface area contributed by atoms with E-state index < -0.39 is 0 Å². The van der Waals surface area contributed by atoms with E-state index in [0.717, 1.165) is 22.4 Å². The topological polar surface area (TPSA) is 42.2 Å². The predicted molar refractivity (Wildman–Crippen MR) is 97.3 cm³/mol. The van der Waals surface area contributed by atoms with Crippen LogP contribution in [0.4, 0.5) is 0 Å². The fraction of sp³-hybridized carbons (Fsp3) is 0.136. The van der Waals surface area contributed by atoms with E-state index in [2.05, 4.69) is 6.07 Å². The molecular weight excluding hydrogens is 310 g/mol. The first-order valence-corrected chi connectivity index (χ1v) is 8.18. The summed E-state index contributed by atoms with van der Waals surface area (Å²) in [4.78, 5) is 0. The zero-order chi connectivity index (χ0) is 17.3. The molecule has 3 nitrogen and oxygen atoms in total. The minimum absolute atomic E-state index is 0.309. The van der Waals surface area contributed by atoms with E-state index in [-0.39, 0.29) is 0 Å². The Labute approximate surface area is 148 Å². The molecule has 3 heteroatoms. The number of rotatable bonds is 7. The fourth-order valence-corrected chi connectivity index (χ4v) is 2.47. The van der Waals surface area contributed by atoms with Crippen molar-refractivity contribution < 1.29 is 9.47 Å². The SMILES string of the molecule is N#CCc1ccc(OCc2ccccc2)cc1OCc1ccccc1. The minimum Gasteiger partial charge on any atom is -0.489 e. The van der Waals surface area contributed by atoms with E-state index in [1.54, 1.807) is 0 Å². The highest BCUT2D eigenvalue weighted by atomic mass is 16.5.